The van der Waals surface area contributed by atoms with Gasteiger partial charge in [0.25, 0.3) is 0 Å². The Bertz CT molecular complexity index is 831. The van der Waals surface area contributed by atoms with Crippen LogP contribution in [0, 0.1) is 6.92 Å². The Morgan fingerprint density at radius 3 is 2.92 bits per heavy atom. The number of rotatable bonds is 5. The van der Waals surface area contributed by atoms with Crippen LogP contribution in [0.5, 0.6) is 0 Å². The van der Waals surface area contributed by atoms with Crippen LogP contribution in [-0.2, 0) is 6.54 Å². The molecule has 1 saturated heterocycles. The minimum absolute atomic E-state index is 0.408. The van der Waals surface area contributed by atoms with Crippen LogP contribution >= 0.6 is 0 Å². The van der Waals surface area contributed by atoms with Crippen molar-refractivity contribution in [2.24, 2.45) is 0 Å². The van der Waals surface area contributed by atoms with Gasteiger partial charge in [0, 0.05) is 37.4 Å². The number of nitrogens with zero attached hydrogens (tertiary/aromatic N) is 4. The largest absolute Gasteiger partial charge is 0.444 e. The van der Waals surface area contributed by atoms with Gasteiger partial charge in [0.05, 0.1) is 5.69 Å². The molecule has 1 atom stereocenters. The van der Waals surface area contributed by atoms with Gasteiger partial charge in [-0.25, -0.2) is 4.98 Å². The molecule has 1 aliphatic rings. The number of aromatic nitrogens is 3. The van der Waals surface area contributed by atoms with Crippen LogP contribution in [0.2, 0.25) is 0 Å². The fourth-order valence-electron chi connectivity index (χ4n) is 3.28. The Labute approximate surface area is 153 Å². The molecule has 3 heterocycles. The second-order valence-corrected chi connectivity index (χ2v) is 6.76. The number of anilines is 1. The molecule has 1 aromatic carbocycles. The zero-order chi connectivity index (χ0) is 17.8. The Balaban J connectivity index is 1.35. The van der Waals surface area contributed by atoms with Gasteiger partial charge >= 0.3 is 0 Å². The molecule has 26 heavy (non-hydrogen) atoms. The van der Waals surface area contributed by atoms with Crippen molar-refractivity contribution in [1.82, 2.24) is 20.5 Å². The highest BCUT2D eigenvalue weighted by atomic mass is 16.3. The lowest BCUT2D eigenvalue weighted by atomic mass is 10.1. The highest BCUT2D eigenvalue weighted by Gasteiger charge is 2.21. The minimum Gasteiger partial charge on any atom is -0.444 e. The summed E-state index contributed by atoms with van der Waals surface area (Å²) in [5.41, 5.74) is 3.16. The number of hydrogen-bond donors (Lipinski definition) is 1. The molecule has 0 aliphatic carbocycles. The van der Waals surface area contributed by atoms with Gasteiger partial charge in [-0.3, -0.25) is 0 Å². The topological polar surface area (TPSA) is 67.1 Å². The number of benzene rings is 1. The zero-order valence-corrected chi connectivity index (χ0v) is 14.9. The molecule has 0 amide bonds. The summed E-state index contributed by atoms with van der Waals surface area (Å²) in [7, 11) is 0. The average Bonchev–Trinajstić information content (AvgIpc) is 3.17. The van der Waals surface area contributed by atoms with Crippen molar-refractivity contribution in [3.63, 3.8) is 0 Å². The first-order valence-electron chi connectivity index (χ1n) is 9.05. The van der Waals surface area contributed by atoms with Crippen LogP contribution in [0.1, 0.15) is 24.1 Å². The quantitative estimate of drug-likeness (QED) is 0.763. The van der Waals surface area contributed by atoms with E-state index < -0.39 is 0 Å². The molecule has 1 N–H and O–H groups in total. The summed E-state index contributed by atoms with van der Waals surface area (Å²) < 4.78 is 5.64. The van der Waals surface area contributed by atoms with E-state index in [4.69, 9.17) is 4.42 Å². The summed E-state index contributed by atoms with van der Waals surface area (Å²) in [6.07, 6.45) is 5.74. The molecule has 0 spiro atoms. The molecule has 1 aliphatic heterocycles. The van der Waals surface area contributed by atoms with E-state index in [9.17, 15) is 0 Å². The molecule has 3 aromatic rings. The maximum atomic E-state index is 5.64. The summed E-state index contributed by atoms with van der Waals surface area (Å²) in [5.74, 6) is 1.62. The van der Waals surface area contributed by atoms with Gasteiger partial charge in [-0.1, -0.05) is 17.7 Å². The third-order valence-electron chi connectivity index (χ3n) is 4.73. The van der Waals surface area contributed by atoms with Gasteiger partial charge in [0.15, 0.2) is 5.82 Å². The van der Waals surface area contributed by atoms with Crippen molar-refractivity contribution < 1.29 is 4.42 Å². The second kappa shape index (κ2) is 7.66. The predicted octanol–water partition coefficient (Wildman–Crippen LogP) is 3.20. The summed E-state index contributed by atoms with van der Waals surface area (Å²) in [6.45, 7) is 4.73. The van der Waals surface area contributed by atoms with Crippen LogP contribution in [0.15, 0.2) is 53.3 Å². The number of nitrogens with one attached hydrogen (secondary N) is 1. The monoisotopic (exact) mass is 349 g/mol. The molecule has 1 fully saturated rings. The smallest absolute Gasteiger partial charge is 0.226 e. The SMILES string of the molecule is Cc1ccc(-c2nc(CNC3CCCN(c4cccnn4)C3)co2)cc1. The number of oxazole rings is 1. The third kappa shape index (κ3) is 3.91. The van der Waals surface area contributed by atoms with E-state index in [0.717, 1.165) is 43.0 Å². The van der Waals surface area contributed by atoms with Crippen LogP contribution in [-0.4, -0.2) is 34.3 Å². The number of hydrogen-bond acceptors (Lipinski definition) is 6. The maximum absolute atomic E-state index is 5.64. The molecule has 0 saturated carbocycles. The molecule has 6 nitrogen and oxygen atoms in total. The van der Waals surface area contributed by atoms with Gasteiger partial charge in [-0.2, -0.15) is 5.10 Å². The fourth-order valence-corrected chi connectivity index (χ4v) is 3.28. The van der Waals surface area contributed by atoms with E-state index in [2.05, 4.69) is 44.5 Å². The first kappa shape index (κ1) is 16.7. The maximum Gasteiger partial charge on any atom is 0.226 e. The molecule has 4 rings (SSSR count). The van der Waals surface area contributed by atoms with Crippen molar-refractivity contribution in [2.45, 2.75) is 32.4 Å². The molecule has 6 heteroatoms. The van der Waals surface area contributed by atoms with Crippen LogP contribution < -0.4 is 10.2 Å². The van der Waals surface area contributed by atoms with Crippen molar-refractivity contribution in [3.05, 3.63) is 60.1 Å². The summed E-state index contributed by atoms with van der Waals surface area (Å²) >= 11 is 0. The van der Waals surface area contributed by atoms with E-state index in [1.54, 1.807) is 12.5 Å². The Kier molecular flexibility index (Phi) is 4.93. The highest BCUT2D eigenvalue weighted by molar-refractivity contribution is 5.53. The highest BCUT2D eigenvalue weighted by Crippen LogP contribution is 2.20. The van der Waals surface area contributed by atoms with Gasteiger partial charge in [0.1, 0.15) is 6.26 Å². The van der Waals surface area contributed by atoms with E-state index in [1.807, 2.05) is 24.3 Å². The van der Waals surface area contributed by atoms with Crippen LogP contribution in [0.3, 0.4) is 0 Å². The Morgan fingerprint density at radius 1 is 1.23 bits per heavy atom. The van der Waals surface area contributed by atoms with Crippen LogP contribution in [0.4, 0.5) is 5.82 Å². The van der Waals surface area contributed by atoms with Gasteiger partial charge < -0.3 is 14.6 Å². The lowest BCUT2D eigenvalue weighted by Gasteiger charge is -2.33. The van der Waals surface area contributed by atoms with Crippen molar-refractivity contribution >= 4 is 5.82 Å². The van der Waals surface area contributed by atoms with E-state index >= 15 is 0 Å². The predicted molar refractivity (Wildman–Crippen MR) is 101 cm³/mol. The Morgan fingerprint density at radius 2 is 2.12 bits per heavy atom. The van der Waals surface area contributed by atoms with Gasteiger partial charge in [-0.05, 0) is 44.0 Å². The van der Waals surface area contributed by atoms with Crippen molar-refractivity contribution in [3.8, 4) is 11.5 Å². The minimum atomic E-state index is 0.408. The number of aryl methyl sites for hydroxylation is 1. The van der Waals surface area contributed by atoms with E-state index in [0.29, 0.717) is 18.5 Å². The summed E-state index contributed by atoms with van der Waals surface area (Å²) in [5, 5.41) is 11.8. The zero-order valence-electron chi connectivity index (χ0n) is 14.9. The van der Waals surface area contributed by atoms with Crippen LogP contribution in [0.25, 0.3) is 11.5 Å². The first-order chi connectivity index (χ1) is 12.8. The molecular weight excluding hydrogens is 326 g/mol. The second-order valence-electron chi connectivity index (χ2n) is 6.76. The molecule has 1 unspecified atom stereocenters. The van der Waals surface area contributed by atoms with Gasteiger partial charge in [-0.15, -0.1) is 5.10 Å². The molecule has 134 valence electrons. The first-order valence-corrected chi connectivity index (χ1v) is 9.05. The summed E-state index contributed by atoms with van der Waals surface area (Å²) in [4.78, 5) is 6.89. The average molecular weight is 349 g/mol. The standard InChI is InChI=1S/C20H23N5O/c1-15-6-8-16(9-7-15)20-23-18(14-26-20)12-21-17-4-3-11-25(13-17)19-5-2-10-22-24-19/h2,5-10,14,17,21H,3-4,11-13H2,1H3. The van der Waals surface area contributed by atoms with E-state index in [-0.39, 0.29) is 0 Å². The summed E-state index contributed by atoms with van der Waals surface area (Å²) in [6, 6.07) is 12.6. The molecule has 2 aromatic heterocycles. The number of piperidine rings is 1. The van der Waals surface area contributed by atoms with E-state index in [1.165, 1.54) is 5.56 Å². The molecular formula is C20H23N5O. The molecule has 0 radical (unpaired) electrons. The fraction of sp³-hybridized carbons (Fsp3) is 0.350. The van der Waals surface area contributed by atoms with Crippen molar-refractivity contribution in [1.29, 1.82) is 0 Å². The van der Waals surface area contributed by atoms with Gasteiger partial charge in [0.2, 0.25) is 5.89 Å². The molecule has 0 bridgehead atoms. The van der Waals surface area contributed by atoms with Crippen molar-refractivity contribution in [2.75, 3.05) is 18.0 Å². The lowest BCUT2D eigenvalue weighted by Crippen LogP contribution is -2.45. The third-order valence-corrected chi connectivity index (χ3v) is 4.73. The Hall–Kier alpha value is -2.73. The lowest BCUT2D eigenvalue weighted by molar-refractivity contribution is 0.417. The normalized spacial score (nSPS) is 17.4.